The minimum absolute atomic E-state index is 0. The molecule has 0 spiro atoms. The highest BCUT2D eigenvalue weighted by Gasteiger charge is 2.37. The SMILES string of the molecule is Br.COc1ccc2oc(C3=C(C(=O)O)SC4=NCCN43)cc2c1. The van der Waals surface area contributed by atoms with Gasteiger partial charge in [-0.2, -0.15) is 0 Å². The third-order valence-corrected chi connectivity index (χ3v) is 4.74. The van der Waals surface area contributed by atoms with Crippen molar-refractivity contribution in [1.82, 2.24) is 4.90 Å². The smallest absolute Gasteiger partial charge is 0.344 e. The van der Waals surface area contributed by atoms with Gasteiger partial charge in [0.1, 0.15) is 21.9 Å². The van der Waals surface area contributed by atoms with Gasteiger partial charge in [0.05, 0.1) is 13.7 Å². The first-order valence-electron chi connectivity index (χ1n) is 6.73. The molecule has 8 heteroatoms. The maximum absolute atomic E-state index is 11.5. The van der Waals surface area contributed by atoms with Gasteiger partial charge in [-0.25, -0.2) is 4.79 Å². The van der Waals surface area contributed by atoms with Crippen molar-refractivity contribution in [3.63, 3.8) is 0 Å². The first-order chi connectivity index (χ1) is 10.7. The fourth-order valence-corrected chi connectivity index (χ4v) is 3.66. The van der Waals surface area contributed by atoms with E-state index in [4.69, 9.17) is 9.15 Å². The van der Waals surface area contributed by atoms with E-state index in [1.807, 2.05) is 29.2 Å². The summed E-state index contributed by atoms with van der Waals surface area (Å²) in [5.74, 6) is 0.312. The number of nitrogens with zero attached hydrogens (tertiary/aromatic N) is 2. The summed E-state index contributed by atoms with van der Waals surface area (Å²) in [6.07, 6.45) is 0. The number of ether oxygens (including phenoxy) is 1. The zero-order valence-corrected chi connectivity index (χ0v) is 14.6. The first kappa shape index (κ1) is 15.9. The molecule has 0 fully saturated rings. The van der Waals surface area contributed by atoms with Crippen LogP contribution in [0.2, 0.25) is 0 Å². The van der Waals surface area contributed by atoms with E-state index in [2.05, 4.69) is 4.99 Å². The molecule has 2 aliphatic rings. The maximum atomic E-state index is 11.5. The molecule has 1 aromatic carbocycles. The van der Waals surface area contributed by atoms with Gasteiger partial charge >= 0.3 is 5.97 Å². The quantitative estimate of drug-likeness (QED) is 0.858. The number of rotatable bonds is 3. The minimum Gasteiger partial charge on any atom is -0.497 e. The van der Waals surface area contributed by atoms with Crippen LogP contribution in [-0.4, -0.2) is 41.3 Å². The van der Waals surface area contributed by atoms with E-state index >= 15 is 0 Å². The fourth-order valence-electron chi connectivity index (χ4n) is 2.64. The number of halogens is 1. The van der Waals surface area contributed by atoms with Crippen LogP contribution in [0.25, 0.3) is 16.7 Å². The zero-order valence-electron chi connectivity index (χ0n) is 12.1. The standard InChI is InChI=1S/C15H12N2O4S.BrH/c1-20-9-2-3-10-8(6-9)7-11(21-10)12-13(14(18)19)22-15-16-4-5-17(12)15;/h2-3,6-7H,4-5H2,1H3,(H,18,19);1H. The molecule has 4 rings (SSSR count). The minimum atomic E-state index is -0.963. The Bertz CT molecular complexity index is 858. The third-order valence-electron chi connectivity index (χ3n) is 3.63. The molecular weight excluding hydrogens is 384 g/mol. The Labute approximate surface area is 146 Å². The molecule has 0 atom stereocenters. The number of benzene rings is 1. The van der Waals surface area contributed by atoms with Crippen molar-refractivity contribution in [2.24, 2.45) is 4.99 Å². The Kier molecular flexibility index (Phi) is 4.11. The van der Waals surface area contributed by atoms with Crippen LogP contribution >= 0.6 is 28.7 Å². The van der Waals surface area contributed by atoms with E-state index in [1.165, 1.54) is 11.8 Å². The summed E-state index contributed by atoms with van der Waals surface area (Å²) >= 11 is 1.18. The van der Waals surface area contributed by atoms with Gasteiger partial charge in [-0.05, 0) is 36.0 Å². The van der Waals surface area contributed by atoms with Crippen molar-refractivity contribution in [3.8, 4) is 5.75 Å². The van der Waals surface area contributed by atoms with Crippen molar-refractivity contribution < 1.29 is 19.1 Å². The number of carboxylic acid groups (broad SMARTS) is 1. The van der Waals surface area contributed by atoms with Crippen molar-refractivity contribution in [1.29, 1.82) is 0 Å². The Morgan fingerprint density at radius 3 is 3.00 bits per heavy atom. The van der Waals surface area contributed by atoms with Crippen LogP contribution in [0.5, 0.6) is 5.75 Å². The second-order valence-electron chi connectivity index (χ2n) is 4.92. The molecule has 1 aromatic heterocycles. The first-order valence-corrected chi connectivity index (χ1v) is 7.54. The Morgan fingerprint density at radius 2 is 2.26 bits per heavy atom. The maximum Gasteiger partial charge on any atom is 0.344 e. The number of carbonyl (C=O) groups is 1. The monoisotopic (exact) mass is 396 g/mol. The molecule has 2 aromatic rings. The Balaban J connectivity index is 0.00000156. The van der Waals surface area contributed by atoms with E-state index in [9.17, 15) is 9.90 Å². The Hall–Kier alpha value is -1.93. The van der Waals surface area contributed by atoms with Crippen LogP contribution in [-0.2, 0) is 4.79 Å². The lowest BCUT2D eigenvalue weighted by atomic mass is 10.2. The van der Waals surface area contributed by atoms with Gasteiger partial charge in [0, 0.05) is 11.9 Å². The van der Waals surface area contributed by atoms with Crippen LogP contribution < -0.4 is 4.74 Å². The number of fused-ring (bicyclic) bond motifs is 2. The molecule has 0 bridgehead atoms. The number of aliphatic imine (C=N–C) groups is 1. The fraction of sp³-hybridized carbons (Fsp3) is 0.200. The van der Waals surface area contributed by atoms with E-state index in [-0.39, 0.29) is 21.9 Å². The van der Waals surface area contributed by atoms with Gasteiger partial charge in [0.2, 0.25) is 0 Å². The molecule has 23 heavy (non-hydrogen) atoms. The van der Waals surface area contributed by atoms with E-state index < -0.39 is 5.97 Å². The molecule has 1 N–H and O–H groups in total. The van der Waals surface area contributed by atoms with Gasteiger partial charge < -0.3 is 19.2 Å². The average molecular weight is 397 g/mol. The van der Waals surface area contributed by atoms with E-state index in [0.717, 1.165) is 16.3 Å². The topological polar surface area (TPSA) is 75.3 Å². The zero-order chi connectivity index (χ0) is 15.3. The molecule has 0 amide bonds. The molecule has 0 saturated heterocycles. The van der Waals surface area contributed by atoms with Crippen molar-refractivity contribution in [3.05, 3.63) is 34.9 Å². The van der Waals surface area contributed by atoms with Gasteiger partial charge in [-0.1, -0.05) is 0 Å². The van der Waals surface area contributed by atoms with E-state index in [0.29, 0.717) is 30.1 Å². The van der Waals surface area contributed by atoms with Crippen LogP contribution in [0.15, 0.2) is 38.6 Å². The Morgan fingerprint density at radius 1 is 1.43 bits per heavy atom. The summed E-state index contributed by atoms with van der Waals surface area (Å²) in [7, 11) is 1.60. The summed E-state index contributed by atoms with van der Waals surface area (Å²) in [6.45, 7) is 1.35. The lowest BCUT2D eigenvalue weighted by molar-refractivity contribution is -0.131. The normalized spacial score (nSPS) is 16.4. The molecule has 2 aliphatic heterocycles. The van der Waals surface area contributed by atoms with E-state index in [1.54, 1.807) is 7.11 Å². The molecule has 3 heterocycles. The van der Waals surface area contributed by atoms with Crippen LogP contribution in [0.3, 0.4) is 0 Å². The largest absolute Gasteiger partial charge is 0.497 e. The number of carboxylic acids is 1. The molecule has 0 aliphatic carbocycles. The molecule has 120 valence electrons. The summed E-state index contributed by atoms with van der Waals surface area (Å²) in [4.78, 5) is 18.0. The molecule has 0 unspecified atom stereocenters. The van der Waals surface area contributed by atoms with Crippen LogP contribution in [0, 0.1) is 0 Å². The summed E-state index contributed by atoms with van der Waals surface area (Å²) in [5, 5.41) is 11.0. The van der Waals surface area contributed by atoms with Crippen molar-refractivity contribution in [2.75, 3.05) is 20.2 Å². The average Bonchev–Trinajstić information content (AvgIpc) is 3.18. The van der Waals surface area contributed by atoms with Gasteiger partial charge in [0.15, 0.2) is 10.9 Å². The molecule has 6 nitrogen and oxygen atoms in total. The molecule has 0 saturated carbocycles. The number of hydrogen-bond donors (Lipinski definition) is 1. The van der Waals surface area contributed by atoms with Crippen LogP contribution in [0.1, 0.15) is 5.76 Å². The number of furan rings is 1. The summed E-state index contributed by atoms with van der Waals surface area (Å²) in [6, 6.07) is 7.34. The number of methoxy groups -OCH3 is 1. The molecule has 0 radical (unpaired) electrons. The lowest BCUT2D eigenvalue weighted by Gasteiger charge is -2.14. The van der Waals surface area contributed by atoms with Gasteiger partial charge in [0.25, 0.3) is 0 Å². The summed E-state index contributed by atoms with van der Waals surface area (Å²) < 4.78 is 11.1. The predicted octanol–water partition coefficient (Wildman–Crippen LogP) is 3.19. The van der Waals surface area contributed by atoms with Gasteiger partial charge in [-0.15, -0.1) is 17.0 Å². The number of hydrogen-bond acceptors (Lipinski definition) is 6. The predicted molar refractivity (Wildman–Crippen MR) is 94.2 cm³/mol. The van der Waals surface area contributed by atoms with Crippen LogP contribution in [0.4, 0.5) is 0 Å². The lowest BCUT2D eigenvalue weighted by Crippen LogP contribution is -2.20. The summed E-state index contributed by atoms with van der Waals surface area (Å²) in [5.41, 5.74) is 1.28. The van der Waals surface area contributed by atoms with Gasteiger partial charge in [-0.3, -0.25) is 4.99 Å². The highest BCUT2D eigenvalue weighted by molar-refractivity contribution is 8.93. The molecular formula is C15H13BrN2O4S. The highest BCUT2D eigenvalue weighted by Crippen LogP contribution is 2.43. The second kappa shape index (κ2) is 5.93. The number of aliphatic carboxylic acids is 1. The van der Waals surface area contributed by atoms with Crippen molar-refractivity contribution >= 4 is 56.5 Å². The number of thioether (sulfide) groups is 1. The third kappa shape index (κ3) is 2.51. The second-order valence-corrected chi connectivity index (χ2v) is 5.89. The van der Waals surface area contributed by atoms with Crippen molar-refractivity contribution in [2.45, 2.75) is 0 Å². The highest BCUT2D eigenvalue weighted by atomic mass is 79.9. The number of amidine groups is 1.